The molecule has 1 atom stereocenters. The molecular formula is C13H14FNOS. The van der Waals surface area contributed by atoms with Crippen LogP contribution in [0.4, 0.5) is 4.39 Å². The predicted molar refractivity (Wildman–Crippen MR) is 66.4 cm³/mol. The summed E-state index contributed by atoms with van der Waals surface area (Å²) in [7, 11) is 0. The van der Waals surface area contributed by atoms with Gasteiger partial charge >= 0.3 is 0 Å². The number of aryl methyl sites for hydroxylation is 1. The van der Waals surface area contributed by atoms with Crippen LogP contribution in [0.5, 0.6) is 0 Å². The van der Waals surface area contributed by atoms with Gasteiger partial charge in [-0.05, 0) is 36.8 Å². The molecule has 2 rings (SSSR count). The molecular weight excluding hydrogens is 237 g/mol. The zero-order valence-corrected chi connectivity index (χ0v) is 10.2. The minimum Gasteiger partial charge on any atom is -0.388 e. The third-order valence-electron chi connectivity index (χ3n) is 2.59. The molecule has 0 bridgehead atoms. The van der Waals surface area contributed by atoms with Gasteiger partial charge in [0.1, 0.15) is 5.82 Å². The highest BCUT2D eigenvalue weighted by molar-refractivity contribution is 7.09. The Morgan fingerprint density at radius 2 is 2.29 bits per heavy atom. The van der Waals surface area contributed by atoms with Crippen LogP contribution >= 0.6 is 11.3 Å². The van der Waals surface area contributed by atoms with E-state index in [-0.39, 0.29) is 0 Å². The zero-order valence-electron chi connectivity index (χ0n) is 9.34. The molecule has 0 saturated carbocycles. The van der Waals surface area contributed by atoms with Gasteiger partial charge in [0.15, 0.2) is 0 Å². The van der Waals surface area contributed by atoms with Gasteiger partial charge in [0, 0.05) is 16.6 Å². The van der Waals surface area contributed by atoms with Gasteiger partial charge < -0.3 is 5.11 Å². The Hall–Kier alpha value is -1.26. The Kier molecular flexibility index (Phi) is 4.23. The lowest BCUT2D eigenvalue weighted by Crippen LogP contribution is -1.99. The molecule has 0 aliphatic carbocycles. The second-order valence-corrected chi connectivity index (χ2v) is 4.96. The molecule has 1 unspecified atom stereocenters. The van der Waals surface area contributed by atoms with Crippen molar-refractivity contribution in [3.63, 3.8) is 0 Å². The molecule has 2 nitrogen and oxygen atoms in total. The Bertz CT molecular complexity index is 458. The lowest BCUT2D eigenvalue weighted by Gasteiger charge is -2.09. The van der Waals surface area contributed by atoms with E-state index in [1.54, 1.807) is 11.3 Å². The van der Waals surface area contributed by atoms with Crippen molar-refractivity contribution in [2.75, 3.05) is 0 Å². The summed E-state index contributed by atoms with van der Waals surface area (Å²) in [5, 5.41) is 11.9. The van der Waals surface area contributed by atoms with E-state index in [9.17, 15) is 9.50 Å². The number of halogens is 1. The number of nitrogens with zero attached hydrogens (tertiary/aromatic N) is 1. The fraction of sp³-hybridized carbons (Fsp3) is 0.308. The van der Waals surface area contributed by atoms with E-state index in [4.69, 9.17) is 0 Å². The van der Waals surface area contributed by atoms with Crippen LogP contribution in [0.2, 0.25) is 0 Å². The van der Waals surface area contributed by atoms with Crippen LogP contribution in [-0.4, -0.2) is 10.1 Å². The van der Waals surface area contributed by atoms with Crippen LogP contribution < -0.4 is 0 Å². The molecule has 2 aromatic heterocycles. The summed E-state index contributed by atoms with van der Waals surface area (Å²) in [5.41, 5.74) is 0.552. The second kappa shape index (κ2) is 5.89. The van der Waals surface area contributed by atoms with Gasteiger partial charge in [0.25, 0.3) is 0 Å². The lowest BCUT2D eigenvalue weighted by atomic mass is 10.1. The molecule has 0 aliphatic heterocycles. The van der Waals surface area contributed by atoms with Gasteiger partial charge in [-0.3, -0.25) is 4.98 Å². The van der Waals surface area contributed by atoms with Crippen molar-refractivity contribution < 1.29 is 9.50 Å². The van der Waals surface area contributed by atoms with Crippen LogP contribution in [0.25, 0.3) is 0 Å². The van der Waals surface area contributed by atoms with Gasteiger partial charge in [-0.1, -0.05) is 6.07 Å². The second-order valence-electron chi connectivity index (χ2n) is 3.92. The average Bonchev–Trinajstić information content (AvgIpc) is 2.82. The Morgan fingerprint density at radius 3 is 3.00 bits per heavy atom. The maximum atomic E-state index is 12.9. The summed E-state index contributed by atoms with van der Waals surface area (Å²) >= 11 is 1.72. The first-order chi connectivity index (χ1) is 8.25. The van der Waals surface area contributed by atoms with Gasteiger partial charge in [-0.15, -0.1) is 11.3 Å². The number of aromatic nitrogens is 1. The number of pyridine rings is 1. The van der Waals surface area contributed by atoms with Crippen molar-refractivity contribution in [2.45, 2.75) is 25.4 Å². The zero-order chi connectivity index (χ0) is 12.1. The quantitative estimate of drug-likeness (QED) is 0.884. The van der Waals surface area contributed by atoms with Gasteiger partial charge in [0.05, 0.1) is 12.3 Å². The number of aliphatic hydroxyl groups excluding tert-OH is 1. The summed E-state index contributed by atoms with van der Waals surface area (Å²) in [5.74, 6) is -0.403. The molecule has 0 aliphatic rings. The summed E-state index contributed by atoms with van der Waals surface area (Å²) in [6, 6.07) is 5.44. The molecule has 0 aromatic carbocycles. The SMILES string of the molecule is OC(CCCc1cccs1)c1cncc(F)c1. The third-order valence-corrected chi connectivity index (χ3v) is 3.53. The largest absolute Gasteiger partial charge is 0.388 e. The monoisotopic (exact) mass is 251 g/mol. The lowest BCUT2D eigenvalue weighted by molar-refractivity contribution is 0.164. The smallest absolute Gasteiger partial charge is 0.141 e. The molecule has 2 aromatic rings. The molecule has 4 heteroatoms. The Morgan fingerprint density at radius 1 is 1.41 bits per heavy atom. The standard InChI is InChI=1S/C13H14FNOS/c14-11-7-10(8-15-9-11)13(16)5-1-3-12-4-2-6-17-12/h2,4,6-9,13,16H,1,3,5H2. The number of aliphatic hydroxyl groups is 1. The summed E-state index contributed by atoms with van der Waals surface area (Å²) in [4.78, 5) is 5.04. The molecule has 17 heavy (non-hydrogen) atoms. The van der Waals surface area contributed by atoms with Crippen molar-refractivity contribution >= 4 is 11.3 Å². The first-order valence-corrected chi connectivity index (χ1v) is 6.44. The number of hydrogen-bond acceptors (Lipinski definition) is 3. The van der Waals surface area contributed by atoms with Crippen molar-refractivity contribution in [2.24, 2.45) is 0 Å². The number of rotatable bonds is 5. The van der Waals surface area contributed by atoms with Crippen molar-refractivity contribution in [1.82, 2.24) is 4.98 Å². The Labute approximate surface area is 104 Å². The molecule has 0 amide bonds. The molecule has 0 radical (unpaired) electrons. The predicted octanol–water partition coefficient (Wildman–Crippen LogP) is 3.34. The maximum absolute atomic E-state index is 12.9. The van der Waals surface area contributed by atoms with E-state index >= 15 is 0 Å². The fourth-order valence-electron chi connectivity index (χ4n) is 1.70. The van der Waals surface area contributed by atoms with Crippen molar-refractivity contribution in [3.8, 4) is 0 Å². The topological polar surface area (TPSA) is 33.1 Å². The van der Waals surface area contributed by atoms with Crippen LogP contribution in [0.15, 0.2) is 36.0 Å². The highest BCUT2D eigenvalue weighted by Crippen LogP contribution is 2.20. The highest BCUT2D eigenvalue weighted by Gasteiger charge is 2.08. The van der Waals surface area contributed by atoms with Crippen LogP contribution in [0.1, 0.15) is 29.4 Å². The van der Waals surface area contributed by atoms with Gasteiger partial charge in [0.2, 0.25) is 0 Å². The summed E-state index contributed by atoms with van der Waals surface area (Å²) in [6.07, 6.45) is 4.50. The van der Waals surface area contributed by atoms with E-state index < -0.39 is 11.9 Å². The first kappa shape index (κ1) is 12.2. The molecule has 0 spiro atoms. The van der Waals surface area contributed by atoms with E-state index in [2.05, 4.69) is 11.1 Å². The van der Waals surface area contributed by atoms with E-state index in [0.29, 0.717) is 12.0 Å². The van der Waals surface area contributed by atoms with Gasteiger partial charge in [-0.25, -0.2) is 4.39 Å². The summed E-state index contributed by atoms with van der Waals surface area (Å²) < 4.78 is 12.9. The third kappa shape index (κ3) is 3.61. The first-order valence-electron chi connectivity index (χ1n) is 5.56. The highest BCUT2D eigenvalue weighted by atomic mass is 32.1. The van der Waals surface area contributed by atoms with Gasteiger partial charge in [-0.2, -0.15) is 0 Å². The van der Waals surface area contributed by atoms with Crippen molar-refractivity contribution in [1.29, 1.82) is 0 Å². The average molecular weight is 251 g/mol. The van der Waals surface area contributed by atoms with Crippen LogP contribution in [-0.2, 0) is 6.42 Å². The van der Waals surface area contributed by atoms with E-state index in [0.717, 1.165) is 19.0 Å². The minimum absolute atomic E-state index is 0.403. The van der Waals surface area contributed by atoms with Crippen LogP contribution in [0, 0.1) is 5.82 Å². The molecule has 1 N–H and O–H groups in total. The Balaban J connectivity index is 1.83. The van der Waals surface area contributed by atoms with E-state index in [1.165, 1.54) is 17.1 Å². The molecule has 0 saturated heterocycles. The van der Waals surface area contributed by atoms with Crippen LogP contribution in [0.3, 0.4) is 0 Å². The summed E-state index contributed by atoms with van der Waals surface area (Å²) in [6.45, 7) is 0. The normalized spacial score (nSPS) is 12.6. The minimum atomic E-state index is -0.627. The number of thiophene rings is 1. The molecule has 90 valence electrons. The fourth-order valence-corrected chi connectivity index (χ4v) is 2.45. The number of hydrogen-bond donors (Lipinski definition) is 1. The van der Waals surface area contributed by atoms with Crippen molar-refractivity contribution in [3.05, 3.63) is 52.2 Å². The van der Waals surface area contributed by atoms with E-state index in [1.807, 2.05) is 11.4 Å². The maximum Gasteiger partial charge on any atom is 0.141 e. The molecule has 2 heterocycles. The molecule has 0 fully saturated rings.